The number of aromatic nitrogens is 4. The first-order chi connectivity index (χ1) is 20.1. The summed E-state index contributed by atoms with van der Waals surface area (Å²) in [5, 5.41) is 13.8. The number of aromatic amines is 1. The number of alkyl halides is 3. The van der Waals surface area contributed by atoms with Gasteiger partial charge in [0.25, 0.3) is 5.91 Å². The Bertz CT molecular complexity index is 1660. The summed E-state index contributed by atoms with van der Waals surface area (Å²) in [4.78, 5) is 47.5. The van der Waals surface area contributed by atoms with Gasteiger partial charge in [-0.05, 0) is 50.1 Å². The predicted octanol–water partition coefficient (Wildman–Crippen LogP) is 4.50. The number of aryl methyl sites for hydroxylation is 1. The van der Waals surface area contributed by atoms with Crippen LogP contribution in [0.4, 0.5) is 18.9 Å². The van der Waals surface area contributed by atoms with E-state index >= 15 is 0 Å². The van der Waals surface area contributed by atoms with Crippen molar-refractivity contribution in [1.29, 1.82) is 0 Å². The van der Waals surface area contributed by atoms with Gasteiger partial charge in [-0.15, -0.1) is 16.4 Å². The monoisotopic (exact) mass is 597 g/mol. The van der Waals surface area contributed by atoms with Gasteiger partial charge in [-0.2, -0.15) is 13.2 Å². The molecule has 0 spiro atoms. The van der Waals surface area contributed by atoms with Crippen LogP contribution in [0.2, 0.25) is 0 Å². The number of piperidine rings is 1. The first-order valence-electron chi connectivity index (χ1n) is 13.4. The number of nitrogens with zero attached hydrogens (tertiary/aromatic N) is 5. The Morgan fingerprint density at radius 3 is 2.55 bits per heavy atom. The molecule has 0 aliphatic carbocycles. The van der Waals surface area contributed by atoms with Gasteiger partial charge < -0.3 is 15.1 Å². The lowest BCUT2D eigenvalue weighted by Gasteiger charge is -2.36. The maximum atomic E-state index is 13.3. The number of halogens is 3. The third-order valence-corrected chi connectivity index (χ3v) is 8.96. The van der Waals surface area contributed by atoms with Gasteiger partial charge in [0.1, 0.15) is 15.4 Å². The lowest BCUT2D eigenvalue weighted by Crippen LogP contribution is -2.47. The Hall–Kier alpha value is -4.33. The minimum Gasteiger partial charge on any atom is -0.339 e. The molecule has 4 heterocycles. The largest absolute Gasteiger partial charge is 0.416 e. The topological polar surface area (TPSA) is 124 Å². The van der Waals surface area contributed by atoms with E-state index in [-0.39, 0.29) is 30.2 Å². The van der Waals surface area contributed by atoms with Crippen molar-refractivity contribution >= 4 is 45.8 Å². The van der Waals surface area contributed by atoms with Crippen LogP contribution >= 0.6 is 11.3 Å². The molecule has 2 saturated heterocycles. The summed E-state index contributed by atoms with van der Waals surface area (Å²) in [5.74, 6) is -0.971. The summed E-state index contributed by atoms with van der Waals surface area (Å²) in [6.45, 7) is 2.91. The number of H-pyrrole nitrogens is 1. The summed E-state index contributed by atoms with van der Waals surface area (Å²) >= 11 is 1.16. The summed E-state index contributed by atoms with van der Waals surface area (Å²) in [5.41, 5.74) is 2.26. The van der Waals surface area contributed by atoms with Crippen molar-refractivity contribution in [2.75, 3.05) is 25.0 Å². The molecule has 3 amide bonds. The molecule has 4 aromatic rings. The average molecular weight is 598 g/mol. The Kier molecular flexibility index (Phi) is 7.17. The van der Waals surface area contributed by atoms with Crippen molar-refractivity contribution in [3.05, 3.63) is 58.6 Å². The second-order valence-corrected chi connectivity index (χ2v) is 11.5. The van der Waals surface area contributed by atoms with Crippen LogP contribution in [0.1, 0.15) is 40.2 Å². The van der Waals surface area contributed by atoms with Crippen LogP contribution in [0.5, 0.6) is 0 Å². The number of likely N-dealkylation sites (tertiary alicyclic amines) is 2. The SMILES string of the molecule is Cc1nc(-c2ccc(C(F)(F)F)cc2)sc1C(=O)N1CCC(N2CC(C(=O)Nc3ccc4[nH]nnc4c3)CC2=O)CC1. The number of rotatable bonds is 5. The Labute approximate surface area is 241 Å². The highest BCUT2D eigenvalue weighted by Gasteiger charge is 2.39. The summed E-state index contributed by atoms with van der Waals surface area (Å²) < 4.78 is 38.7. The van der Waals surface area contributed by atoms with Gasteiger partial charge in [0.05, 0.1) is 22.7 Å². The zero-order valence-corrected chi connectivity index (χ0v) is 23.3. The molecule has 0 radical (unpaired) electrons. The van der Waals surface area contributed by atoms with Gasteiger partial charge in [0.2, 0.25) is 11.8 Å². The van der Waals surface area contributed by atoms with Gasteiger partial charge in [-0.1, -0.05) is 17.3 Å². The number of hydrogen-bond donors (Lipinski definition) is 2. The molecule has 0 saturated carbocycles. The van der Waals surface area contributed by atoms with Crippen LogP contribution < -0.4 is 5.32 Å². The van der Waals surface area contributed by atoms with Gasteiger partial charge in [-0.3, -0.25) is 19.5 Å². The summed E-state index contributed by atoms with van der Waals surface area (Å²) in [7, 11) is 0. The number of fused-ring (bicyclic) bond motifs is 1. The zero-order valence-electron chi connectivity index (χ0n) is 22.4. The van der Waals surface area contributed by atoms with Crippen LogP contribution in [0.15, 0.2) is 42.5 Å². The minimum absolute atomic E-state index is 0.0731. The van der Waals surface area contributed by atoms with Crippen molar-refractivity contribution in [3.63, 3.8) is 0 Å². The number of carbonyl (C=O) groups is 3. The number of thiazole rings is 1. The van der Waals surface area contributed by atoms with Crippen LogP contribution in [0, 0.1) is 12.8 Å². The zero-order chi connectivity index (χ0) is 29.6. The third-order valence-electron chi connectivity index (χ3n) is 7.77. The molecule has 2 aliphatic heterocycles. The second kappa shape index (κ2) is 10.8. The van der Waals surface area contributed by atoms with Crippen molar-refractivity contribution in [1.82, 2.24) is 30.2 Å². The Morgan fingerprint density at radius 2 is 1.83 bits per heavy atom. The van der Waals surface area contributed by atoms with E-state index in [0.29, 0.717) is 64.8 Å². The summed E-state index contributed by atoms with van der Waals surface area (Å²) in [6.07, 6.45) is -3.13. The minimum atomic E-state index is -4.42. The van der Waals surface area contributed by atoms with Crippen molar-refractivity contribution in [2.45, 2.75) is 38.4 Å². The molecule has 42 heavy (non-hydrogen) atoms. The lowest BCUT2D eigenvalue weighted by atomic mass is 10.0. The molecule has 10 nitrogen and oxygen atoms in total. The second-order valence-electron chi connectivity index (χ2n) is 10.5. The molecule has 6 rings (SSSR count). The van der Waals surface area contributed by atoms with E-state index in [0.717, 1.165) is 29.0 Å². The highest BCUT2D eigenvalue weighted by atomic mass is 32.1. The predicted molar refractivity (Wildman–Crippen MR) is 149 cm³/mol. The Morgan fingerprint density at radius 1 is 1.10 bits per heavy atom. The molecule has 2 aliphatic rings. The normalized spacial score (nSPS) is 18.2. The molecule has 2 N–H and O–H groups in total. The average Bonchev–Trinajstić information content (AvgIpc) is 3.70. The fraction of sp³-hybridized carbons (Fsp3) is 0.357. The number of benzene rings is 2. The van der Waals surface area contributed by atoms with Gasteiger partial charge in [0, 0.05) is 43.3 Å². The highest BCUT2D eigenvalue weighted by molar-refractivity contribution is 7.17. The van der Waals surface area contributed by atoms with Gasteiger partial charge in [-0.25, -0.2) is 4.98 Å². The van der Waals surface area contributed by atoms with Crippen molar-refractivity contribution < 1.29 is 27.6 Å². The number of anilines is 1. The molecule has 1 atom stereocenters. The van der Waals surface area contributed by atoms with Crippen LogP contribution in [0.3, 0.4) is 0 Å². The molecular formula is C28H26F3N7O3S. The van der Waals surface area contributed by atoms with Crippen molar-refractivity contribution in [3.8, 4) is 10.6 Å². The fourth-order valence-electron chi connectivity index (χ4n) is 5.47. The maximum Gasteiger partial charge on any atom is 0.416 e. The van der Waals surface area contributed by atoms with E-state index in [2.05, 4.69) is 25.7 Å². The van der Waals surface area contributed by atoms with E-state index in [9.17, 15) is 27.6 Å². The van der Waals surface area contributed by atoms with E-state index in [1.54, 1.807) is 34.9 Å². The molecule has 2 aromatic heterocycles. The van der Waals surface area contributed by atoms with Crippen LogP contribution in [-0.2, 0) is 15.8 Å². The number of carbonyl (C=O) groups excluding carboxylic acids is 3. The summed E-state index contributed by atoms with van der Waals surface area (Å²) in [6, 6.07) is 9.89. The Balaban J connectivity index is 1.05. The number of hydrogen-bond acceptors (Lipinski definition) is 7. The van der Waals surface area contributed by atoms with E-state index in [1.807, 2.05) is 0 Å². The lowest BCUT2D eigenvalue weighted by molar-refractivity contribution is -0.137. The maximum absolute atomic E-state index is 13.3. The standard InChI is InChI=1S/C28H26F3N7O3S/c1-15-24(42-26(32-15)16-2-4-18(5-3-16)28(29,30)31)27(41)37-10-8-20(9-11-37)38-14-17(12-23(38)39)25(40)33-19-6-7-21-22(13-19)35-36-34-21/h2-7,13,17,20H,8-12,14H2,1H3,(H,33,40)(H,34,35,36). The smallest absolute Gasteiger partial charge is 0.339 e. The van der Waals surface area contributed by atoms with E-state index in [1.165, 1.54) is 12.1 Å². The molecule has 14 heteroatoms. The van der Waals surface area contributed by atoms with Crippen molar-refractivity contribution in [2.24, 2.45) is 5.92 Å². The molecule has 2 aromatic carbocycles. The first kappa shape index (κ1) is 27.8. The molecular weight excluding hydrogens is 571 g/mol. The van der Waals surface area contributed by atoms with E-state index in [4.69, 9.17) is 0 Å². The van der Waals surface area contributed by atoms with Gasteiger partial charge >= 0.3 is 6.18 Å². The van der Waals surface area contributed by atoms with Crippen LogP contribution in [-0.4, -0.2) is 73.6 Å². The molecule has 1 unspecified atom stereocenters. The fourth-order valence-corrected chi connectivity index (χ4v) is 6.51. The number of amides is 3. The third kappa shape index (κ3) is 5.45. The molecule has 218 valence electrons. The highest BCUT2D eigenvalue weighted by Crippen LogP contribution is 2.34. The van der Waals surface area contributed by atoms with Gasteiger partial charge in [0.15, 0.2) is 0 Å². The van der Waals surface area contributed by atoms with E-state index < -0.39 is 17.7 Å². The first-order valence-corrected chi connectivity index (χ1v) is 14.2. The molecule has 0 bridgehead atoms. The quantitative estimate of drug-likeness (QED) is 0.349. The molecule has 2 fully saturated rings. The van der Waals surface area contributed by atoms with Crippen LogP contribution in [0.25, 0.3) is 21.6 Å². The number of nitrogens with one attached hydrogen (secondary N) is 2.